The monoisotopic (exact) mass is 284 g/mol. The Balaban J connectivity index is 1.60. The lowest BCUT2D eigenvalue weighted by Gasteiger charge is -2.28. The number of halogens is 2. The number of aromatic amines is 1. The van der Waals surface area contributed by atoms with Gasteiger partial charge < -0.3 is 15.2 Å². The van der Waals surface area contributed by atoms with E-state index in [9.17, 15) is 13.6 Å². The number of amides is 2. The SMILES string of the molecule is O=C(NC1CCc2nc[nH]c2C1)N1CCC[C@H]1C(F)F. The van der Waals surface area contributed by atoms with Crippen molar-refractivity contribution in [2.45, 2.75) is 50.6 Å². The van der Waals surface area contributed by atoms with E-state index in [1.165, 1.54) is 4.90 Å². The van der Waals surface area contributed by atoms with Gasteiger partial charge in [-0.05, 0) is 25.7 Å². The summed E-state index contributed by atoms with van der Waals surface area (Å²) in [6.45, 7) is 0.420. The quantitative estimate of drug-likeness (QED) is 0.868. The van der Waals surface area contributed by atoms with Gasteiger partial charge in [0.2, 0.25) is 0 Å². The molecule has 1 fully saturated rings. The Morgan fingerprint density at radius 1 is 1.50 bits per heavy atom. The van der Waals surface area contributed by atoms with Gasteiger partial charge in [0.25, 0.3) is 6.43 Å². The molecular weight excluding hydrogens is 266 g/mol. The van der Waals surface area contributed by atoms with Gasteiger partial charge in [0, 0.05) is 24.7 Å². The number of hydrogen-bond donors (Lipinski definition) is 2. The van der Waals surface area contributed by atoms with Gasteiger partial charge in [-0.2, -0.15) is 0 Å². The van der Waals surface area contributed by atoms with Crippen molar-refractivity contribution < 1.29 is 13.6 Å². The number of hydrogen-bond acceptors (Lipinski definition) is 2. The number of H-pyrrole nitrogens is 1. The predicted octanol–water partition coefficient (Wildman–Crippen LogP) is 1.71. The Morgan fingerprint density at radius 2 is 2.35 bits per heavy atom. The zero-order valence-corrected chi connectivity index (χ0v) is 11.1. The van der Waals surface area contributed by atoms with Crippen molar-refractivity contribution in [2.24, 2.45) is 0 Å². The summed E-state index contributed by atoms with van der Waals surface area (Å²) < 4.78 is 25.7. The van der Waals surface area contributed by atoms with E-state index in [-0.39, 0.29) is 12.1 Å². The number of likely N-dealkylation sites (tertiary alicyclic amines) is 1. The van der Waals surface area contributed by atoms with E-state index in [1.807, 2.05) is 0 Å². The first-order valence-corrected chi connectivity index (χ1v) is 7.01. The van der Waals surface area contributed by atoms with Crippen LogP contribution in [0.25, 0.3) is 0 Å². The zero-order valence-electron chi connectivity index (χ0n) is 11.1. The molecule has 1 aromatic rings. The van der Waals surface area contributed by atoms with Gasteiger partial charge in [0.05, 0.1) is 18.1 Å². The molecule has 0 saturated carbocycles. The van der Waals surface area contributed by atoms with Gasteiger partial charge in [-0.3, -0.25) is 0 Å². The molecule has 110 valence electrons. The highest BCUT2D eigenvalue weighted by Crippen LogP contribution is 2.24. The van der Waals surface area contributed by atoms with Gasteiger partial charge in [-0.25, -0.2) is 18.6 Å². The van der Waals surface area contributed by atoms with Crippen molar-refractivity contribution in [3.63, 3.8) is 0 Å². The van der Waals surface area contributed by atoms with Crippen molar-refractivity contribution in [2.75, 3.05) is 6.54 Å². The van der Waals surface area contributed by atoms with Crippen molar-refractivity contribution in [1.82, 2.24) is 20.2 Å². The average Bonchev–Trinajstić information content (AvgIpc) is 3.06. The summed E-state index contributed by atoms with van der Waals surface area (Å²) in [5.41, 5.74) is 2.08. The molecule has 1 aliphatic carbocycles. The summed E-state index contributed by atoms with van der Waals surface area (Å²) in [6.07, 6.45) is 2.53. The van der Waals surface area contributed by atoms with Crippen LogP contribution in [0.5, 0.6) is 0 Å². The minimum absolute atomic E-state index is 0.00521. The van der Waals surface area contributed by atoms with Gasteiger partial charge in [0.1, 0.15) is 0 Å². The van der Waals surface area contributed by atoms with E-state index in [0.717, 1.165) is 24.2 Å². The van der Waals surface area contributed by atoms with Gasteiger partial charge >= 0.3 is 6.03 Å². The largest absolute Gasteiger partial charge is 0.348 e. The number of alkyl halides is 2. The normalized spacial score (nSPS) is 25.9. The molecule has 1 aromatic heterocycles. The van der Waals surface area contributed by atoms with Crippen molar-refractivity contribution in [3.8, 4) is 0 Å². The van der Waals surface area contributed by atoms with E-state index >= 15 is 0 Å². The van der Waals surface area contributed by atoms with E-state index in [0.29, 0.717) is 25.8 Å². The van der Waals surface area contributed by atoms with Crippen molar-refractivity contribution in [3.05, 3.63) is 17.7 Å². The smallest absolute Gasteiger partial charge is 0.318 e. The lowest BCUT2D eigenvalue weighted by atomic mass is 9.96. The molecule has 5 nitrogen and oxygen atoms in total. The number of urea groups is 1. The molecule has 20 heavy (non-hydrogen) atoms. The van der Waals surface area contributed by atoms with Crippen molar-refractivity contribution >= 4 is 6.03 Å². The Morgan fingerprint density at radius 3 is 3.15 bits per heavy atom. The summed E-state index contributed by atoms with van der Waals surface area (Å²) in [6, 6.07) is -1.29. The fraction of sp³-hybridized carbons (Fsp3) is 0.692. The van der Waals surface area contributed by atoms with Gasteiger partial charge in [0.15, 0.2) is 0 Å². The summed E-state index contributed by atoms with van der Waals surface area (Å²) >= 11 is 0. The average molecular weight is 284 g/mol. The molecule has 0 radical (unpaired) electrons. The first-order valence-electron chi connectivity index (χ1n) is 7.01. The minimum atomic E-state index is -2.46. The second-order valence-corrected chi connectivity index (χ2v) is 5.45. The number of aryl methyl sites for hydroxylation is 1. The van der Waals surface area contributed by atoms with E-state index in [1.54, 1.807) is 6.33 Å². The lowest BCUT2D eigenvalue weighted by Crippen LogP contribution is -2.50. The predicted molar refractivity (Wildman–Crippen MR) is 68.7 cm³/mol. The van der Waals surface area contributed by atoms with E-state index in [2.05, 4.69) is 15.3 Å². The number of fused-ring (bicyclic) bond motifs is 1. The first-order chi connectivity index (χ1) is 9.65. The number of nitrogens with one attached hydrogen (secondary N) is 2. The van der Waals surface area contributed by atoms with Gasteiger partial charge in [-0.15, -0.1) is 0 Å². The summed E-state index contributed by atoms with van der Waals surface area (Å²) in [5.74, 6) is 0. The fourth-order valence-corrected chi connectivity index (χ4v) is 3.09. The molecule has 2 amide bonds. The van der Waals surface area contributed by atoms with Crippen LogP contribution in [0.3, 0.4) is 0 Å². The molecular formula is C13H18F2N4O. The number of nitrogens with zero attached hydrogens (tertiary/aromatic N) is 2. The molecule has 3 rings (SSSR count). The maximum atomic E-state index is 12.8. The fourth-order valence-electron chi connectivity index (χ4n) is 3.09. The third kappa shape index (κ3) is 2.48. The maximum absolute atomic E-state index is 12.8. The number of rotatable bonds is 2. The van der Waals surface area contributed by atoms with Crippen LogP contribution < -0.4 is 5.32 Å². The Labute approximate surface area is 115 Å². The number of carbonyl (C=O) groups excluding carboxylic acids is 1. The van der Waals surface area contributed by atoms with Crippen LogP contribution in [-0.2, 0) is 12.8 Å². The number of aromatic nitrogens is 2. The molecule has 0 spiro atoms. The van der Waals surface area contributed by atoms with Crippen molar-refractivity contribution in [1.29, 1.82) is 0 Å². The zero-order chi connectivity index (χ0) is 14.1. The molecule has 7 heteroatoms. The first kappa shape index (κ1) is 13.3. The highest BCUT2D eigenvalue weighted by Gasteiger charge is 2.36. The Kier molecular flexibility index (Phi) is 3.58. The van der Waals surface area contributed by atoms with E-state index in [4.69, 9.17) is 0 Å². The molecule has 1 aliphatic heterocycles. The molecule has 1 unspecified atom stereocenters. The second-order valence-electron chi connectivity index (χ2n) is 5.45. The third-order valence-electron chi connectivity index (χ3n) is 4.17. The highest BCUT2D eigenvalue weighted by molar-refractivity contribution is 5.75. The number of imidazole rings is 1. The van der Waals surface area contributed by atoms with Crippen LogP contribution in [0.1, 0.15) is 30.7 Å². The van der Waals surface area contributed by atoms with Gasteiger partial charge in [-0.1, -0.05) is 0 Å². The molecule has 0 bridgehead atoms. The number of carbonyl (C=O) groups is 1. The van der Waals surface area contributed by atoms with Crippen LogP contribution >= 0.6 is 0 Å². The van der Waals surface area contributed by atoms with Crippen LogP contribution in [0.2, 0.25) is 0 Å². The molecule has 2 atom stereocenters. The highest BCUT2D eigenvalue weighted by atomic mass is 19.3. The summed E-state index contributed by atoms with van der Waals surface area (Å²) in [7, 11) is 0. The molecule has 2 aliphatic rings. The Bertz CT molecular complexity index is 490. The van der Waals surface area contributed by atoms with E-state index < -0.39 is 12.5 Å². The molecule has 0 aromatic carbocycles. The van der Waals surface area contributed by atoms with Crippen LogP contribution in [0, 0.1) is 0 Å². The van der Waals surface area contributed by atoms with Crippen LogP contribution in [0.15, 0.2) is 6.33 Å². The van der Waals surface area contributed by atoms with Crippen LogP contribution in [-0.4, -0.2) is 46.0 Å². The second kappa shape index (κ2) is 5.38. The standard InChI is InChI=1S/C13H18F2N4O/c14-12(15)11-2-1-5-19(11)13(20)18-8-3-4-9-10(6-8)17-7-16-9/h7-8,11-12H,1-6H2,(H,16,17)(H,18,20)/t8?,11-/m0/s1. The molecule has 2 N–H and O–H groups in total. The Hall–Kier alpha value is -1.66. The minimum Gasteiger partial charge on any atom is -0.348 e. The molecule has 2 heterocycles. The summed E-state index contributed by atoms with van der Waals surface area (Å²) in [4.78, 5) is 20.7. The summed E-state index contributed by atoms with van der Waals surface area (Å²) in [5, 5.41) is 2.88. The van der Waals surface area contributed by atoms with Crippen LogP contribution in [0.4, 0.5) is 13.6 Å². The third-order valence-corrected chi connectivity index (χ3v) is 4.17. The topological polar surface area (TPSA) is 61.0 Å². The maximum Gasteiger partial charge on any atom is 0.318 e. The lowest BCUT2D eigenvalue weighted by molar-refractivity contribution is 0.0599. The molecule has 1 saturated heterocycles.